The highest BCUT2D eigenvalue weighted by Crippen LogP contribution is 2.48. The number of benzene rings is 2. The first-order valence-corrected chi connectivity index (χ1v) is 8.10. The average Bonchev–Trinajstić information content (AvgIpc) is 3.34. The summed E-state index contributed by atoms with van der Waals surface area (Å²) in [6, 6.07) is 12.9. The van der Waals surface area contributed by atoms with Crippen molar-refractivity contribution in [2.75, 3.05) is 0 Å². The number of amides is 1. The minimum absolute atomic E-state index is 0.0508. The number of aromatic carboxylic acids is 1. The minimum Gasteiger partial charge on any atom is -0.478 e. The van der Waals surface area contributed by atoms with Gasteiger partial charge in [-0.05, 0) is 49.9 Å². The molecule has 4 heteroatoms. The van der Waals surface area contributed by atoms with E-state index in [1.54, 1.807) is 24.3 Å². The Labute approximate surface area is 141 Å². The molecule has 0 unspecified atom stereocenters. The van der Waals surface area contributed by atoms with Crippen LogP contribution in [-0.2, 0) is 16.8 Å². The van der Waals surface area contributed by atoms with Gasteiger partial charge in [-0.1, -0.05) is 41.5 Å². The SMILES string of the molecule is Cc1cc(C)cc(C2(C(=O)NCc3ccc(C(=O)O)cc3)CC2)c1. The van der Waals surface area contributed by atoms with Crippen LogP contribution in [0.15, 0.2) is 42.5 Å². The van der Waals surface area contributed by atoms with Gasteiger partial charge >= 0.3 is 5.97 Å². The van der Waals surface area contributed by atoms with E-state index in [2.05, 4.69) is 37.4 Å². The second-order valence-electron chi connectivity index (χ2n) is 6.64. The number of nitrogens with one attached hydrogen (secondary N) is 1. The summed E-state index contributed by atoms with van der Waals surface area (Å²) in [4.78, 5) is 23.6. The number of aryl methyl sites for hydroxylation is 2. The Morgan fingerprint density at radius 3 is 2.12 bits per heavy atom. The molecule has 1 fully saturated rings. The highest BCUT2D eigenvalue weighted by atomic mass is 16.4. The third kappa shape index (κ3) is 3.18. The predicted molar refractivity (Wildman–Crippen MR) is 92.1 cm³/mol. The molecule has 24 heavy (non-hydrogen) atoms. The fourth-order valence-electron chi connectivity index (χ4n) is 3.14. The number of hydrogen-bond acceptors (Lipinski definition) is 2. The van der Waals surface area contributed by atoms with Gasteiger partial charge in [0.1, 0.15) is 0 Å². The molecule has 1 aliphatic rings. The van der Waals surface area contributed by atoms with Gasteiger partial charge in [0.2, 0.25) is 5.91 Å². The molecule has 4 nitrogen and oxygen atoms in total. The van der Waals surface area contributed by atoms with E-state index in [-0.39, 0.29) is 11.5 Å². The molecule has 3 rings (SSSR count). The number of carboxylic acids is 1. The zero-order chi connectivity index (χ0) is 17.3. The molecule has 0 radical (unpaired) electrons. The van der Waals surface area contributed by atoms with Crippen molar-refractivity contribution in [1.29, 1.82) is 0 Å². The lowest BCUT2D eigenvalue weighted by atomic mass is 9.92. The Hall–Kier alpha value is -2.62. The van der Waals surface area contributed by atoms with Crippen molar-refractivity contribution in [3.63, 3.8) is 0 Å². The van der Waals surface area contributed by atoms with Crippen LogP contribution in [0.4, 0.5) is 0 Å². The quantitative estimate of drug-likeness (QED) is 0.887. The van der Waals surface area contributed by atoms with Gasteiger partial charge in [0.25, 0.3) is 0 Å². The number of carboxylic acid groups (broad SMARTS) is 1. The zero-order valence-electron chi connectivity index (χ0n) is 13.9. The molecule has 0 spiro atoms. The smallest absolute Gasteiger partial charge is 0.335 e. The van der Waals surface area contributed by atoms with E-state index in [9.17, 15) is 9.59 Å². The molecule has 0 bridgehead atoms. The molecular weight excluding hydrogens is 302 g/mol. The molecule has 1 amide bonds. The number of carbonyl (C=O) groups excluding carboxylic acids is 1. The summed E-state index contributed by atoms with van der Waals surface area (Å²) in [5.74, 6) is -0.896. The van der Waals surface area contributed by atoms with Gasteiger partial charge in [-0.25, -0.2) is 4.79 Å². The Balaban J connectivity index is 1.69. The van der Waals surface area contributed by atoms with Crippen molar-refractivity contribution >= 4 is 11.9 Å². The van der Waals surface area contributed by atoms with E-state index in [4.69, 9.17) is 5.11 Å². The molecule has 1 aliphatic carbocycles. The maximum absolute atomic E-state index is 12.7. The van der Waals surface area contributed by atoms with Crippen LogP contribution in [0, 0.1) is 13.8 Å². The first-order chi connectivity index (χ1) is 11.4. The van der Waals surface area contributed by atoms with Crippen molar-refractivity contribution in [2.24, 2.45) is 0 Å². The van der Waals surface area contributed by atoms with Crippen LogP contribution >= 0.6 is 0 Å². The lowest BCUT2D eigenvalue weighted by Gasteiger charge is -2.17. The van der Waals surface area contributed by atoms with E-state index in [1.165, 1.54) is 11.1 Å². The van der Waals surface area contributed by atoms with Gasteiger partial charge < -0.3 is 10.4 Å². The van der Waals surface area contributed by atoms with Crippen LogP contribution in [0.25, 0.3) is 0 Å². The largest absolute Gasteiger partial charge is 0.478 e. The van der Waals surface area contributed by atoms with Gasteiger partial charge in [0.15, 0.2) is 0 Å². The third-order valence-corrected chi connectivity index (χ3v) is 4.61. The summed E-state index contributed by atoms with van der Waals surface area (Å²) in [5, 5.41) is 11.9. The van der Waals surface area contributed by atoms with Crippen LogP contribution in [0.3, 0.4) is 0 Å². The summed E-state index contributed by atoms with van der Waals surface area (Å²) in [6.45, 7) is 4.51. The lowest BCUT2D eigenvalue weighted by molar-refractivity contribution is -0.123. The van der Waals surface area contributed by atoms with Gasteiger partial charge in [0, 0.05) is 6.54 Å². The summed E-state index contributed by atoms with van der Waals surface area (Å²) in [6.07, 6.45) is 1.75. The normalized spacial score (nSPS) is 14.9. The topological polar surface area (TPSA) is 66.4 Å². The monoisotopic (exact) mass is 323 g/mol. The van der Waals surface area contributed by atoms with E-state index < -0.39 is 11.4 Å². The molecule has 0 atom stereocenters. The molecule has 0 saturated heterocycles. The van der Waals surface area contributed by atoms with Crippen LogP contribution < -0.4 is 5.32 Å². The van der Waals surface area contributed by atoms with Crippen LogP contribution in [-0.4, -0.2) is 17.0 Å². The fourth-order valence-corrected chi connectivity index (χ4v) is 3.14. The maximum Gasteiger partial charge on any atom is 0.335 e. The van der Waals surface area contributed by atoms with Gasteiger partial charge in [-0.3, -0.25) is 4.79 Å². The molecule has 2 aromatic rings. The number of rotatable bonds is 5. The van der Waals surface area contributed by atoms with Crippen LogP contribution in [0.5, 0.6) is 0 Å². The lowest BCUT2D eigenvalue weighted by Crippen LogP contribution is -2.34. The van der Waals surface area contributed by atoms with Crippen molar-refractivity contribution < 1.29 is 14.7 Å². The summed E-state index contributed by atoms with van der Waals surface area (Å²) < 4.78 is 0. The van der Waals surface area contributed by atoms with Gasteiger partial charge in [-0.15, -0.1) is 0 Å². The second kappa shape index (κ2) is 6.11. The number of hydrogen-bond donors (Lipinski definition) is 2. The zero-order valence-corrected chi connectivity index (χ0v) is 13.9. The van der Waals surface area contributed by atoms with Crippen LogP contribution in [0.1, 0.15) is 45.5 Å². The van der Waals surface area contributed by atoms with Gasteiger partial charge in [-0.2, -0.15) is 0 Å². The Morgan fingerprint density at radius 2 is 1.62 bits per heavy atom. The van der Waals surface area contributed by atoms with E-state index in [0.717, 1.165) is 24.0 Å². The summed E-state index contributed by atoms with van der Waals surface area (Å²) >= 11 is 0. The first-order valence-electron chi connectivity index (χ1n) is 8.10. The molecule has 1 saturated carbocycles. The fraction of sp³-hybridized carbons (Fsp3) is 0.300. The van der Waals surface area contributed by atoms with Gasteiger partial charge in [0.05, 0.1) is 11.0 Å². The highest BCUT2D eigenvalue weighted by molar-refractivity contribution is 5.91. The van der Waals surface area contributed by atoms with Crippen molar-refractivity contribution in [1.82, 2.24) is 5.32 Å². The Morgan fingerprint density at radius 1 is 1.04 bits per heavy atom. The molecule has 124 valence electrons. The number of carbonyl (C=O) groups is 2. The minimum atomic E-state index is -0.947. The maximum atomic E-state index is 12.7. The predicted octanol–water partition coefficient (Wildman–Crippen LogP) is 3.35. The average molecular weight is 323 g/mol. The third-order valence-electron chi connectivity index (χ3n) is 4.61. The second-order valence-corrected chi connectivity index (χ2v) is 6.64. The molecule has 0 heterocycles. The van der Waals surface area contributed by atoms with E-state index in [0.29, 0.717) is 6.54 Å². The van der Waals surface area contributed by atoms with Crippen molar-refractivity contribution in [3.8, 4) is 0 Å². The van der Waals surface area contributed by atoms with E-state index in [1.807, 2.05) is 0 Å². The molecule has 0 aromatic heterocycles. The molecule has 0 aliphatic heterocycles. The van der Waals surface area contributed by atoms with Crippen LogP contribution in [0.2, 0.25) is 0 Å². The standard InChI is InChI=1S/C20H21NO3/c1-13-9-14(2)11-17(10-13)20(7-8-20)19(24)21-12-15-3-5-16(6-4-15)18(22)23/h3-6,9-11H,7-8,12H2,1-2H3,(H,21,24)(H,22,23). The van der Waals surface area contributed by atoms with Crippen molar-refractivity contribution in [2.45, 2.75) is 38.6 Å². The van der Waals surface area contributed by atoms with E-state index >= 15 is 0 Å². The summed E-state index contributed by atoms with van der Waals surface area (Å²) in [5.41, 5.74) is 4.20. The summed E-state index contributed by atoms with van der Waals surface area (Å²) in [7, 11) is 0. The molecule has 2 N–H and O–H groups in total. The Bertz CT molecular complexity index is 769. The molecule has 2 aromatic carbocycles. The molecular formula is C20H21NO3. The van der Waals surface area contributed by atoms with Crippen molar-refractivity contribution in [3.05, 3.63) is 70.3 Å². The Kier molecular flexibility index (Phi) is 4.14. The first kappa shape index (κ1) is 16.2. The highest BCUT2D eigenvalue weighted by Gasteiger charge is 2.51.